The highest BCUT2D eigenvalue weighted by atomic mass is 16.6. The number of amides is 1. The molecular formula is C22H21NO5. The van der Waals surface area contributed by atoms with Crippen molar-refractivity contribution in [3.05, 3.63) is 60.2 Å². The molecular weight excluding hydrogens is 358 g/mol. The number of nitrogens with one attached hydrogen (secondary N) is 1. The van der Waals surface area contributed by atoms with E-state index in [1.807, 2.05) is 30.3 Å². The van der Waals surface area contributed by atoms with Crippen molar-refractivity contribution in [2.75, 3.05) is 0 Å². The molecule has 6 heteroatoms. The predicted molar refractivity (Wildman–Crippen MR) is 98.9 cm³/mol. The standard InChI is InChI=1S/C22H21NO5/c24-17-8-9-22(19-15-7-6-14(10-15)18(17)19)11-16(20(25)28-22)23-21(26)27-12-13-4-2-1-3-5-13/h1-9,14-16,18-19H,10-12H2,(H,23,26)/t14?,15?,16-,18+,19+,22-/m0/s1. The molecule has 2 bridgehead atoms. The second kappa shape index (κ2) is 6.33. The summed E-state index contributed by atoms with van der Waals surface area (Å²) in [6.45, 7) is 0.132. The van der Waals surface area contributed by atoms with Crippen LogP contribution in [0.2, 0.25) is 0 Å². The maximum atomic E-state index is 12.5. The van der Waals surface area contributed by atoms with Crippen LogP contribution in [0.5, 0.6) is 0 Å². The molecule has 1 spiro atoms. The Bertz CT molecular complexity index is 891. The summed E-state index contributed by atoms with van der Waals surface area (Å²) in [4.78, 5) is 37.1. The Hall–Kier alpha value is -2.89. The number of benzene rings is 1. The van der Waals surface area contributed by atoms with E-state index in [4.69, 9.17) is 9.47 Å². The van der Waals surface area contributed by atoms with Gasteiger partial charge in [-0.15, -0.1) is 0 Å². The van der Waals surface area contributed by atoms with Crippen molar-refractivity contribution in [2.45, 2.75) is 31.1 Å². The molecule has 144 valence electrons. The van der Waals surface area contributed by atoms with Crippen molar-refractivity contribution in [1.82, 2.24) is 5.32 Å². The molecule has 0 radical (unpaired) electrons. The predicted octanol–water partition coefficient (Wildman–Crippen LogP) is 2.54. The number of allylic oxidation sites excluding steroid dienone is 3. The Balaban J connectivity index is 1.28. The Morgan fingerprint density at radius 2 is 1.96 bits per heavy atom. The van der Waals surface area contributed by atoms with E-state index in [1.165, 1.54) is 0 Å². The molecule has 0 aromatic heterocycles. The van der Waals surface area contributed by atoms with Crippen molar-refractivity contribution in [3.8, 4) is 0 Å². The number of carbonyl (C=O) groups is 3. The topological polar surface area (TPSA) is 81.7 Å². The van der Waals surface area contributed by atoms with Crippen LogP contribution in [-0.2, 0) is 25.7 Å². The highest BCUT2D eigenvalue weighted by Gasteiger charge is 2.62. The lowest BCUT2D eigenvalue weighted by Gasteiger charge is -2.41. The average Bonchev–Trinajstić information content (AvgIpc) is 3.39. The van der Waals surface area contributed by atoms with Crippen LogP contribution in [0.15, 0.2) is 54.6 Å². The van der Waals surface area contributed by atoms with Gasteiger partial charge in [-0.2, -0.15) is 0 Å². The Labute approximate surface area is 162 Å². The Kier molecular flexibility index (Phi) is 3.89. The van der Waals surface area contributed by atoms with Crippen molar-refractivity contribution in [3.63, 3.8) is 0 Å². The zero-order valence-electron chi connectivity index (χ0n) is 15.2. The van der Waals surface area contributed by atoms with Crippen LogP contribution >= 0.6 is 0 Å². The lowest BCUT2D eigenvalue weighted by atomic mass is 9.66. The molecule has 4 aliphatic rings. The minimum absolute atomic E-state index is 0.0453. The fourth-order valence-electron chi connectivity index (χ4n) is 5.35. The summed E-state index contributed by atoms with van der Waals surface area (Å²) in [5.41, 5.74) is 0.0467. The number of hydrogen-bond acceptors (Lipinski definition) is 5. The third-order valence-electron chi connectivity index (χ3n) is 6.48. The van der Waals surface area contributed by atoms with Crippen molar-refractivity contribution >= 4 is 17.8 Å². The highest BCUT2D eigenvalue weighted by molar-refractivity contribution is 5.95. The molecule has 2 fully saturated rings. The first kappa shape index (κ1) is 17.2. The van der Waals surface area contributed by atoms with Crippen LogP contribution in [0.4, 0.5) is 4.79 Å². The molecule has 2 unspecified atom stereocenters. The van der Waals surface area contributed by atoms with Gasteiger partial charge in [-0.25, -0.2) is 9.59 Å². The maximum absolute atomic E-state index is 12.5. The fourth-order valence-corrected chi connectivity index (χ4v) is 5.35. The van der Waals surface area contributed by atoms with Crippen molar-refractivity contribution < 1.29 is 23.9 Å². The molecule has 1 saturated heterocycles. The molecule has 1 amide bonds. The molecule has 1 aromatic rings. The van der Waals surface area contributed by atoms with E-state index in [1.54, 1.807) is 12.2 Å². The van der Waals surface area contributed by atoms with Gasteiger partial charge in [-0.3, -0.25) is 4.79 Å². The summed E-state index contributed by atoms with van der Waals surface area (Å²) < 4.78 is 11.0. The van der Waals surface area contributed by atoms with Gasteiger partial charge in [0.2, 0.25) is 0 Å². The van der Waals surface area contributed by atoms with Gasteiger partial charge >= 0.3 is 12.1 Å². The van der Waals surface area contributed by atoms with Gasteiger partial charge in [0.15, 0.2) is 5.78 Å². The fraction of sp³-hybridized carbons (Fsp3) is 0.409. The number of rotatable bonds is 3. The number of carbonyl (C=O) groups excluding carboxylic acids is 3. The van der Waals surface area contributed by atoms with Gasteiger partial charge in [-0.1, -0.05) is 42.5 Å². The molecule has 28 heavy (non-hydrogen) atoms. The lowest BCUT2D eigenvalue weighted by molar-refractivity contribution is -0.154. The summed E-state index contributed by atoms with van der Waals surface area (Å²) >= 11 is 0. The van der Waals surface area contributed by atoms with Crippen molar-refractivity contribution in [1.29, 1.82) is 0 Å². The molecule has 1 aliphatic heterocycles. The highest BCUT2D eigenvalue weighted by Crippen LogP contribution is 2.57. The van der Waals surface area contributed by atoms with Crippen LogP contribution in [0, 0.1) is 23.7 Å². The summed E-state index contributed by atoms with van der Waals surface area (Å²) in [7, 11) is 0. The number of fused-ring (bicyclic) bond motifs is 6. The largest absolute Gasteiger partial charge is 0.453 e. The Morgan fingerprint density at radius 1 is 1.18 bits per heavy atom. The van der Waals surface area contributed by atoms with Gasteiger partial charge in [0.1, 0.15) is 18.2 Å². The zero-order valence-corrected chi connectivity index (χ0v) is 15.2. The van der Waals surface area contributed by atoms with Crippen LogP contribution in [0.25, 0.3) is 0 Å². The smallest absolute Gasteiger partial charge is 0.408 e. The molecule has 5 rings (SSSR count). The minimum Gasteiger partial charge on any atom is -0.453 e. The summed E-state index contributed by atoms with van der Waals surface area (Å²) in [5.74, 6) is -0.0672. The summed E-state index contributed by atoms with van der Waals surface area (Å²) in [5, 5.41) is 2.63. The number of ether oxygens (including phenoxy) is 2. The number of hydrogen-bond donors (Lipinski definition) is 1. The molecule has 1 saturated carbocycles. The second-order valence-electron chi connectivity index (χ2n) is 8.07. The van der Waals surface area contributed by atoms with Gasteiger partial charge in [-0.05, 0) is 36.0 Å². The molecule has 3 aliphatic carbocycles. The van der Waals surface area contributed by atoms with E-state index in [9.17, 15) is 14.4 Å². The molecule has 1 heterocycles. The van der Waals surface area contributed by atoms with E-state index >= 15 is 0 Å². The van der Waals surface area contributed by atoms with Crippen molar-refractivity contribution in [2.24, 2.45) is 23.7 Å². The first-order valence-electron chi connectivity index (χ1n) is 9.67. The van der Waals surface area contributed by atoms with E-state index in [2.05, 4.69) is 17.5 Å². The normalized spacial score (nSPS) is 37.2. The number of esters is 1. The number of alkyl carbamates (subject to hydrolysis) is 1. The minimum atomic E-state index is -0.822. The van der Waals surface area contributed by atoms with Gasteiger partial charge < -0.3 is 14.8 Å². The molecule has 1 aromatic carbocycles. The molecule has 6 atom stereocenters. The number of ketones is 1. The molecule has 1 N–H and O–H groups in total. The van der Waals surface area contributed by atoms with Gasteiger partial charge in [0, 0.05) is 18.3 Å². The monoisotopic (exact) mass is 379 g/mol. The van der Waals surface area contributed by atoms with E-state index in [-0.39, 0.29) is 36.1 Å². The Morgan fingerprint density at radius 3 is 2.79 bits per heavy atom. The third-order valence-corrected chi connectivity index (χ3v) is 6.48. The van der Waals surface area contributed by atoms with Crippen LogP contribution in [0.1, 0.15) is 18.4 Å². The summed E-state index contributed by atoms with van der Waals surface area (Å²) in [6.07, 6.45) is 8.16. The van der Waals surface area contributed by atoms with Gasteiger partial charge in [0.25, 0.3) is 0 Å². The van der Waals surface area contributed by atoms with Crippen LogP contribution < -0.4 is 5.32 Å². The van der Waals surface area contributed by atoms with Crippen LogP contribution in [0.3, 0.4) is 0 Å². The molecule has 6 nitrogen and oxygen atoms in total. The van der Waals surface area contributed by atoms with E-state index < -0.39 is 23.7 Å². The van der Waals surface area contributed by atoms with Crippen LogP contribution in [-0.4, -0.2) is 29.5 Å². The van der Waals surface area contributed by atoms with E-state index in [0.717, 1.165) is 12.0 Å². The first-order valence-corrected chi connectivity index (χ1v) is 9.67. The van der Waals surface area contributed by atoms with Gasteiger partial charge in [0.05, 0.1) is 0 Å². The maximum Gasteiger partial charge on any atom is 0.408 e. The summed E-state index contributed by atoms with van der Waals surface area (Å²) in [6, 6.07) is 8.57. The zero-order chi connectivity index (χ0) is 19.3. The SMILES string of the molecule is O=C(N[C@H]1C[C@]2(C=CC(=O)[C@H]3C4C=CC(C4)[C@H]32)OC1=O)OCc1ccccc1. The lowest BCUT2D eigenvalue weighted by Crippen LogP contribution is -2.48. The average molecular weight is 379 g/mol. The quantitative estimate of drug-likeness (QED) is 0.645. The third kappa shape index (κ3) is 2.66. The second-order valence-corrected chi connectivity index (χ2v) is 8.07. The van der Waals surface area contributed by atoms with E-state index in [0.29, 0.717) is 6.42 Å². The first-order chi connectivity index (χ1) is 13.6.